The molecule has 0 atom stereocenters. The summed E-state index contributed by atoms with van der Waals surface area (Å²) in [7, 11) is 0. The Morgan fingerprint density at radius 2 is 1.54 bits per heavy atom. The third-order valence-corrected chi connectivity index (χ3v) is 5.46. The van der Waals surface area contributed by atoms with Crippen LogP contribution in [0, 0.1) is 5.41 Å². The molecule has 2 amide bonds. The second-order valence-corrected chi connectivity index (χ2v) is 8.12. The molecule has 0 radical (unpaired) electrons. The zero-order valence-electron chi connectivity index (χ0n) is 19.5. The Hall–Kier alpha value is -4.46. The number of rotatable bonds is 5. The van der Waals surface area contributed by atoms with Crippen molar-refractivity contribution in [2.24, 2.45) is 5.73 Å². The van der Waals surface area contributed by atoms with Crippen molar-refractivity contribution >= 4 is 23.6 Å². The van der Waals surface area contributed by atoms with E-state index in [0.29, 0.717) is 30.8 Å². The molecular weight excluding hydrogens is 444 g/mol. The molecule has 0 unspecified atom stereocenters. The van der Waals surface area contributed by atoms with Gasteiger partial charge in [0.2, 0.25) is 5.91 Å². The monoisotopic (exact) mass is 472 g/mol. The van der Waals surface area contributed by atoms with Gasteiger partial charge in [0.1, 0.15) is 12.4 Å². The molecule has 1 aliphatic rings. The smallest absolute Gasteiger partial charge is 0.300 e. The highest BCUT2D eigenvalue weighted by molar-refractivity contribution is 5.97. The molecule has 0 aliphatic carbocycles. The van der Waals surface area contributed by atoms with Crippen LogP contribution in [0.25, 0.3) is 11.1 Å². The summed E-state index contributed by atoms with van der Waals surface area (Å²) in [6.45, 7) is 2.54. The highest BCUT2D eigenvalue weighted by atomic mass is 16.4. The van der Waals surface area contributed by atoms with E-state index in [2.05, 4.69) is 0 Å². The van der Waals surface area contributed by atoms with Crippen molar-refractivity contribution in [2.75, 3.05) is 19.6 Å². The molecule has 0 saturated carbocycles. The average molecular weight is 473 g/mol. The fourth-order valence-electron chi connectivity index (χ4n) is 3.73. The summed E-state index contributed by atoms with van der Waals surface area (Å²) < 4.78 is 0. The lowest BCUT2D eigenvalue weighted by atomic mass is 10.0. The fraction of sp³-hybridized carbons (Fsp3) is 0.185. The molecule has 3 aromatic carbocycles. The number of piperazine rings is 1. The number of nitrogens with two attached hydrogens (primary N) is 1. The molecular formula is C27H28N4O4. The third kappa shape index (κ3) is 7.01. The minimum Gasteiger partial charge on any atom is -0.481 e. The van der Waals surface area contributed by atoms with Gasteiger partial charge in [-0.2, -0.15) is 0 Å². The molecule has 1 aliphatic heterocycles. The number of nitrogen functional groups attached to an aromatic ring is 1. The number of aliphatic carboxylic acids is 1. The number of amides is 2. The maximum absolute atomic E-state index is 12.9. The molecule has 0 bridgehead atoms. The van der Waals surface area contributed by atoms with Crippen molar-refractivity contribution in [1.29, 1.82) is 5.41 Å². The lowest BCUT2D eigenvalue weighted by Gasteiger charge is -2.34. The Morgan fingerprint density at radius 1 is 0.914 bits per heavy atom. The Kier molecular flexibility index (Phi) is 8.34. The SMILES string of the molecule is CC(=O)O.N=C(N)c1cccc(CN2CCN(C(=O)c3ccc(-c4ccccc4)cc3)CC2=O)c1. The van der Waals surface area contributed by atoms with Gasteiger partial charge in [-0.3, -0.25) is 19.8 Å². The maximum Gasteiger partial charge on any atom is 0.300 e. The number of hydrogen-bond donors (Lipinski definition) is 3. The second-order valence-electron chi connectivity index (χ2n) is 8.12. The molecule has 0 aromatic heterocycles. The van der Waals surface area contributed by atoms with Gasteiger partial charge in [0.05, 0.1) is 0 Å². The van der Waals surface area contributed by atoms with Crippen LogP contribution in [-0.4, -0.2) is 58.2 Å². The Bertz CT molecular complexity index is 1210. The van der Waals surface area contributed by atoms with Gasteiger partial charge in [-0.25, -0.2) is 0 Å². The van der Waals surface area contributed by atoms with Crippen molar-refractivity contribution in [3.63, 3.8) is 0 Å². The standard InChI is InChI=1S/C25H24N4O2.C2H4O2/c26-24(27)22-8-4-5-18(15-22)16-28-13-14-29(17-23(28)30)25(31)21-11-9-20(10-12-21)19-6-2-1-3-7-19;1-2(3)4/h1-12,15H,13-14,16-17H2,(H3,26,27);1H3,(H,3,4). The summed E-state index contributed by atoms with van der Waals surface area (Å²) in [5.74, 6) is -1.05. The van der Waals surface area contributed by atoms with Crippen LogP contribution in [0.5, 0.6) is 0 Å². The number of benzene rings is 3. The van der Waals surface area contributed by atoms with Gasteiger partial charge in [0.25, 0.3) is 11.9 Å². The molecule has 1 fully saturated rings. The van der Waals surface area contributed by atoms with Gasteiger partial charge < -0.3 is 20.6 Å². The summed E-state index contributed by atoms with van der Waals surface area (Å²) >= 11 is 0. The van der Waals surface area contributed by atoms with Crippen LogP contribution >= 0.6 is 0 Å². The number of carboxylic acids is 1. The van der Waals surface area contributed by atoms with Gasteiger partial charge in [0, 0.05) is 37.7 Å². The third-order valence-electron chi connectivity index (χ3n) is 5.46. The average Bonchev–Trinajstić information content (AvgIpc) is 2.85. The summed E-state index contributed by atoms with van der Waals surface area (Å²) in [4.78, 5) is 37.9. The van der Waals surface area contributed by atoms with Crippen LogP contribution in [0.15, 0.2) is 78.9 Å². The zero-order valence-corrected chi connectivity index (χ0v) is 19.5. The minimum atomic E-state index is -0.833. The van der Waals surface area contributed by atoms with E-state index in [-0.39, 0.29) is 24.2 Å². The first kappa shape index (κ1) is 25.2. The molecule has 4 rings (SSSR count). The second kappa shape index (κ2) is 11.6. The minimum absolute atomic E-state index is 0.00174. The summed E-state index contributed by atoms with van der Waals surface area (Å²) in [6, 6.07) is 24.8. The van der Waals surface area contributed by atoms with E-state index in [0.717, 1.165) is 23.6 Å². The highest BCUT2D eigenvalue weighted by Crippen LogP contribution is 2.20. The summed E-state index contributed by atoms with van der Waals surface area (Å²) in [5.41, 5.74) is 9.82. The largest absolute Gasteiger partial charge is 0.481 e. The Morgan fingerprint density at radius 3 is 2.14 bits per heavy atom. The van der Waals surface area contributed by atoms with Gasteiger partial charge in [-0.1, -0.05) is 60.7 Å². The number of hydrogen-bond acceptors (Lipinski definition) is 4. The first-order valence-electron chi connectivity index (χ1n) is 11.1. The van der Waals surface area contributed by atoms with Crippen molar-refractivity contribution in [1.82, 2.24) is 9.80 Å². The van der Waals surface area contributed by atoms with E-state index < -0.39 is 5.97 Å². The van der Waals surface area contributed by atoms with Crippen LogP contribution in [0.2, 0.25) is 0 Å². The molecule has 180 valence electrons. The van der Waals surface area contributed by atoms with Crippen molar-refractivity contribution in [3.05, 3.63) is 95.6 Å². The molecule has 8 heteroatoms. The predicted octanol–water partition coefficient (Wildman–Crippen LogP) is 3.21. The molecule has 35 heavy (non-hydrogen) atoms. The van der Waals surface area contributed by atoms with Crippen LogP contribution in [0.4, 0.5) is 0 Å². The van der Waals surface area contributed by atoms with Crippen LogP contribution < -0.4 is 5.73 Å². The first-order chi connectivity index (χ1) is 16.7. The molecule has 1 heterocycles. The fourth-order valence-corrected chi connectivity index (χ4v) is 3.73. The molecule has 1 saturated heterocycles. The van der Waals surface area contributed by atoms with E-state index in [9.17, 15) is 9.59 Å². The highest BCUT2D eigenvalue weighted by Gasteiger charge is 2.27. The van der Waals surface area contributed by atoms with E-state index in [4.69, 9.17) is 21.0 Å². The number of carbonyl (C=O) groups excluding carboxylic acids is 2. The number of nitrogens with zero attached hydrogens (tertiary/aromatic N) is 2. The molecule has 4 N–H and O–H groups in total. The summed E-state index contributed by atoms with van der Waals surface area (Å²) in [6.07, 6.45) is 0. The Labute approximate surface area is 204 Å². The van der Waals surface area contributed by atoms with Crippen molar-refractivity contribution in [2.45, 2.75) is 13.5 Å². The van der Waals surface area contributed by atoms with Crippen molar-refractivity contribution < 1.29 is 19.5 Å². The predicted molar refractivity (Wildman–Crippen MR) is 134 cm³/mol. The van der Waals surface area contributed by atoms with Crippen LogP contribution in [-0.2, 0) is 16.1 Å². The van der Waals surface area contributed by atoms with Crippen molar-refractivity contribution in [3.8, 4) is 11.1 Å². The number of carboxylic acid groups (broad SMARTS) is 1. The normalized spacial score (nSPS) is 13.0. The van der Waals surface area contributed by atoms with E-state index in [1.807, 2.05) is 72.8 Å². The number of amidine groups is 1. The molecule has 8 nitrogen and oxygen atoms in total. The van der Waals surface area contributed by atoms with Gasteiger partial charge in [0.15, 0.2) is 0 Å². The zero-order chi connectivity index (χ0) is 25.4. The first-order valence-corrected chi connectivity index (χ1v) is 11.1. The number of nitrogens with one attached hydrogen (secondary N) is 1. The topological polar surface area (TPSA) is 128 Å². The van der Waals surface area contributed by atoms with Gasteiger partial charge in [-0.15, -0.1) is 0 Å². The summed E-state index contributed by atoms with van der Waals surface area (Å²) in [5, 5.41) is 15.0. The quantitative estimate of drug-likeness (QED) is 0.388. The number of carbonyl (C=O) groups is 3. The van der Waals surface area contributed by atoms with E-state index in [1.54, 1.807) is 15.9 Å². The van der Waals surface area contributed by atoms with Crippen LogP contribution in [0.1, 0.15) is 28.4 Å². The van der Waals surface area contributed by atoms with E-state index in [1.165, 1.54) is 0 Å². The Balaban J connectivity index is 0.000000795. The van der Waals surface area contributed by atoms with Gasteiger partial charge in [-0.05, 0) is 34.9 Å². The molecule has 3 aromatic rings. The van der Waals surface area contributed by atoms with Crippen LogP contribution in [0.3, 0.4) is 0 Å². The lowest BCUT2D eigenvalue weighted by molar-refractivity contribution is -0.136. The van der Waals surface area contributed by atoms with E-state index >= 15 is 0 Å². The maximum atomic E-state index is 12.9. The lowest BCUT2D eigenvalue weighted by Crippen LogP contribution is -2.51. The molecule has 0 spiro atoms. The van der Waals surface area contributed by atoms with Gasteiger partial charge >= 0.3 is 0 Å².